The lowest BCUT2D eigenvalue weighted by molar-refractivity contribution is -0.0605. The fourth-order valence-corrected chi connectivity index (χ4v) is 2.37. The number of hydrogen-bond acceptors (Lipinski definition) is 4. The lowest BCUT2D eigenvalue weighted by Crippen LogP contribution is -2.30. The summed E-state index contributed by atoms with van der Waals surface area (Å²) < 4.78 is 52.3. The van der Waals surface area contributed by atoms with E-state index in [9.17, 15) is 27.2 Å². The second kappa shape index (κ2) is 7.35. The highest BCUT2D eigenvalue weighted by Crippen LogP contribution is 2.22. The lowest BCUT2D eigenvalue weighted by atomic mass is 10.1. The maximum absolute atomic E-state index is 13.4. The van der Waals surface area contributed by atoms with E-state index in [0.717, 1.165) is 23.5 Å². The summed E-state index contributed by atoms with van der Waals surface area (Å²) in [5.41, 5.74) is -0.281. The van der Waals surface area contributed by atoms with Crippen LogP contribution in [0.2, 0.25) is 0 Å². The molecule has 4 nitrogen and oxygen atoms in total. The minimum Gasteiger partial charge on any atom is -0.293 e. The predicted molar refractivity (Wildman–Crippen MR) is 80.6 cm³/mol. The molecule has 0 saturated heterocycles. The average Bonchev–Trinajstić information content (AvgIpc) is 3.04. The molecule has 9 heteroatoms. The van der Waals surface area contributed by atoms with Gasteiger partial charge in [-0.15, -0.1) is 11.3 Å². The predicted octanol–water partition coefficient (Wildman–Crippen LogP) is 3.81. The number of amides is 1. The van der Waals surface area contributed by atoms with Crippen molar-refractivity contribution in [1.82, 2.24) is 5.43 Å². The molecule has 0 fully saturated rings. The second-order valence-corrected chi connectivity index (χ2v) is 5.50. The number of nitrogens with zero attached hydrogens (tertiary/aromatic N) is 1. The van der Waals surface area contributed by atoms with Crippen LogP contribution >= 0.6 is 11.3 Å². The van der Waals surface area contributed by atoms with E-state index in [0.29, 0.717) is 0 Å². The molecule has 0 spiro atoms. The number of ketones is 1. The van der Waals surface area contributed by atoms with Gasteiger partial charge in [0.15, 0.2) is 5.78 Å². The maximum Gasteiger partial charge on any atom is 0.431 e. The number of carbonyl (C=O) groups excluding carboxylic acids is 2. The van der Waals surface area contributed by atoms with Crippen LogP contribution in [-0.2, 0) is 0 Å². The Balaban J connectivity index is 2.16. The Morgan fingerprint density at radius 2 is 1.83 bits per heavy atom. The topological polar surface area (TPSA) is 58.5 Å². The first-order valence-electron chi connectivity index (χ1n) is 6.54. The van der Waals surface area contributed by atoms with Crippen LogP contribution in [0.4, 0.5) is 17.6 Å². The Labute approximate surface area is 137 Å². The molecule has 2 rings (SSSR count). The van der Waals surface area contributed by atoms with E-state index in [1.54, 1.807) is 10.8 Å². The van der Waals surface area contributed by atoms with Crippen LogP contribution in [0.1, 0.15) is 26.5 Å². The van der Waals surface area contributed by atoms with E-state index < -0.39 is 41.4 Å². The van der Waals surface area contributed by atoms with Gasteiger partial charge in [-0.05, 0) is 23.6 Å². The van der Waals surface area contributed by atoms with Crippen LogP contribution in [-0.4, -0.2) is 23.6 Å². The van der Waals surface area contributed by atoms with Crippen molar-refractivity contribution in [2.45, 2.75) is 12.6 Å². The fourth-order valence-electron chi connectivity index (χ4n) is 1.70. The van der Waals surface area contributed by atoms with Gasteiger partial charge in [0.2, 0.25) is 0 Å². The average molecular weight is 358 g/mol. The van der Waals surface area contributed by atoms with Gasteiger partial charge < -0.3 is 0 Å². The summed E-state index contributed by atoms with van der Waals surface area (Å²) in [6.07, 6.45) is -5.93. The number of thiophene rings is 1. The number of hydrazone groups is 1. The molecule has 126 valence electrons. The lowest BCUT2D eigenvalue weighted by Gasteiger charge is -2.10. The molecule has 0 aliphatic heterocycles. The highest BCUT2D eigenvalue weighted by Gasteiger charge is 2.37. The van der Waals surface area contributed by atoms with Crippen LogP contribution in [0.25, 0.3) is 0 Å². The Morgan fingerprint density at radius 3 is 2.42 bits per heavy atom. The van der Waals surface area contributed by atoms with Crippen molar-refractivity contribution in [2.75, 3.05) is 0 Å². The third-order valence-electron chi connectivity index (χ3n) is 2.86. The third-order valence-corrected chi connectivity index (χ3v) is 3.77. The second-order valence-electron chi connectivity index (χ2n) is 4.55. The van der Waals surface area contributed by atoms with E-state index >= 15 is 0 Å². The standard InChI is InChI=1S/C15H10F4N2O2S/c16-10-5-2-1-4-9(10)14(23)21-20-13(15(17,18)19)8-11(22)12-6-3-7-24-12/h1-7H,8H2,(H,21,23). The Kier molecular flexibility index (Phi) is 5.45. The van der Waals surface area contributed by atoms with Crippen molar-refractivity contribution in [1.29, 1.82) is 0 Å². The SMILES string of the molecule is O=C(CC(=NNC(=O)c1ccccc1F)C(F)(F)F)c1cccs1. The summed E-state index contributed by atoms with van der Waals surface area (Å²) in [5.74, 6) is -2.81. The maximum atomic E-state index is 13.4. The highest BCUT2D eigenvalue weighted by molar-refractivity contribution is 7.12. The van der Waals surface area contributed by atoms with Crippen molar-refractivity contribution in [3.63, 3.8) is 0 Å². The minimum absolute atomic E-state index is 0.146. The number of rotatable bonds is 5. The molecule has 0 radical (unpaired) electrons. The number of benzene rings is 1. The first-order chi connectivity index (χ1) is 11.3. The number of halogens is 4. The quantitative estimate of drug-likeness (QED) is 0.382. The van der Waals surface area contributed by atoms with Crippen LogP contribution in [0.3, 0.4) is 0 Å². The van der Waals surface area contributed by atoms with Crippen LogP contribution in [0.15, 0.2) is 46.9 Å². The van der Waals surface area contributed by atoms with Crippen molar-refractivity contribution in [3.05, 3.63) is 58.0 Å². The van der Waals surface area contributed by atoms with Crippen molar-refractivity contribution in [3.8, 4) is 0 Å². The molecule has 2 aromatic rings. The summed E-state index contributed by atoms with van der Waals surface area (Å²) in [7, 11) is 0. The Hall–Kier alpha value is -2.55. The summed E-state index contributed by atoms with van der Waals surface area (Å²) in [6, 6.07) is 7.69. The van der Waals surface area contributed by atoms with Gasteiger partial charge in [0, 0.05) is 0 Å². The van der Waals surface area contributed by atoms with Gasteiger partial charge in [-0.1, -0.05) is 18.2 Å². The van der Waals surface area contributed by atoms with E-state index in [2.05, 4.69) is 5.10 Å². The largest absolute Gasteiger partial charge is 0.431 e. The zero-order valence-corrected chi connectivity index (χ0v) is 12.7. The number of nitrogens with one attached hydrogen (secondary N) is 1. The molecule has 1 heterocycles. The van der Waals surface area contributed by atoms with Gasteiger partial charge >= 0.3 is 6.18 Å². The van der Waals surface area contributed by atoms with Crippen molar-refractivity contribution >= 4 is 28.7 Å². The molecule has 0 aliphatic rings. The van der Waals surface area contributed by atoms with E-state index in [-0.39, 0.29) is 4.88 Å². The summed E-state index contributed by atoms with van der Waals surface area (Å²) in [4.78, 5) is 23.6. The third kappa shape index (κ3) is 4.48. The molecular formula is C15H10F4N2O2S. The zero-order chi connectivity index (χ0) is 17.7. The van der Waals surface area contributed by atoms with Crippen LogP contribution in [0, 0.1) is 5.82 Å². The first-order valence-corrected chi connectivity index (χ1v) is 7.42. The van der Waals surface area contributed by atoms with Gasteiger partial charge in [0.1, 0.15) is 11.5 Å². The van der Waals surface area contributed by atoms with E-state index in [1.165, 1.54) is 24.3 Å². The molecule has 1 aromatic heterocycles. The van der Waals surface area contributed by atoms with Gasteiger partial charge in [-0.3, -0.25) is 9.59 Å². The molecule has 0 unspecified atom stereocenters. The van der Waals surface area contributed by atoms with Gasteiger partial charge in [-0.25, -0.2) is 9.82 Å². The molecule has 1 N–H and O–H groups in total. The number of alkyl halides is 3. The Bertz CT molecular complexity index is 770. The highest BCUT2D eigenvalue weighted by atomic mass is 32.1. The van der Waals surface area contributed by atoms with Crippen molar-refractivity contribution < 1.29 is 27.2 Å². The molecule has 1 aromatic carbocycles. The van der Waals surface area contributed by atoms with Gasteiger partial charge in [0.05, 0.1) is 16.9 Å². The summed E-state index contributed by atoms with van der Waals surface area (Å²) in [5, 5.41) is 4.52. The van der Waals surface area contributed by atoms with E-state index in [4.69, 9.17) is 0 Å². The Morgan fingerprint density at radius 1 is 1.12 bits per heavy atom. The molecule has 0 atom stereocenters. The summed E-state index contributed by atoms with van der Waals surface area (Å²) >= 11 is 0.998. The summed E-state index contributed by atoms with van der Waals surface area (Å²) in [6.45, 7) is 0. The number of carbonyl (C=O) groups is 2. The number of hydrogen-bond donors (Lipinski definition) is 1. The first kappa shape index (κ1) is 17.8. The molecule has 0 aliphatic carbocycles. The normalized spacial score (nSPS) is 12.1. The van der Waals surface area contributed by atoms with Crippen LogP contribution in [0.5, 0.6) is 0 Å². The van der Waals surface area contributed by atoms with Crippen LogP contribution < -0.4 is 5.43 Å². The molecule has 1 amide bonds. The van der Waals surface area contributed by atoms with E-state index in [1.807, 2.05) is 0 Å². The molecular weight excluding hydrogens is 348 g/mol. The van der Waals surface area contributed by atoms with Crippen molar-refractivity contribution in [2.24, 2.45) is 5.10 Å². The smallest absolute Gasteiger partial charge is 0.293 e. The van der Waals surface area contributed by atoms with Gasteiger partial charge in [0.25, 0.3) is 5.91 Å². The molecule has 24 heavy (non-hydrogen) atoms. The molecule has 0 saturated carbocycles. The number of Topliss-reactive ketones (excluding diaryl/α,β-unsaturated/α-hetero) is 1. The van der Waals surface area contributed by atoms with Gasteiger partial charge in [-0.2, -0.15) is 18.3 Å². The molecule has 0 bridgehead atoms. The fraction of sp³-hybridized carbons (Fsp3) is 0.133. The minimum atomic E-state index is -4.91. The monoisotopic (exact) mass is 358 g/mol. The zero-order valence-electron chi connectivity index (χ0n) is 11.9.